The summed E-state index contributed by atoms with van der Waals surface area (Å²) in [5, 5.41) is 13.6. The van der Waals surface area contributed by atoms with Crippen molar-refractivity contribution >= 4 is 46.5 Å². The smallest absolute Gasteiger partial charge is 0.337 e. The molecule has 1 heterocycles. The van der Waals surface area contributed by atoms with E-state index in [1.54, 1.807) is 54.6 Å². The van der Waals surface area contributed by atoms with Crippen LogP contribution in [0.1, 0.15) is 21.5 Å². The fourth-order valence-corrected chi connectivity index (χ4v) is 4.07. The van der Waals surface area contributed by atoms with Crippen molar-refractivity contribution in [2.75, 3.05) is 12.0 Å². The van der Waals surface area contributed by atoms with Crippen LogP contribution in [-0.2, 0) is 16.1 Å². The molecule has 3 aromatic carbocycles. The van der Waals surface area contributed by atoms with Crippen LogP contribution in [0.15, 0.2) is 65.8 Å². The Morgan fingerprint density at radius 2 is 1.84 bits per heavy atom. The lowest BCUT2D eigenvalue weighted by atomic mass is 10.0. The molecule has 0 atom stereocenters. The number of fused-ring (bicyclic) bond motifs is 1. The molecule has 3 aromatic rings. The summed E-state index contributed by atoms with van der Waals surface area (Å²) in [6, 6.07) is 17.3. The minimum atomic E-state index is -0.465. The zero-order valence-corrected chi connectivity index (χ0v) is 17.8. The molecule has 0 aromatic heterocycles. The Hall–Kier alpha value is -3.35. The van der Waals surface area contributed by atoms with Gasteiger partial charge >= 0.3 is 5.97 Å². The first-order valence-electron chi connectivity index (χ1n) is 9.24. The highest BCUT2D eigenvalue weighted by Crippen LogP contribution is 2.37. The molecule has 0 fully saturated rings. The summed E-state index contributed by atoms with van der Waals surface area (Å²) < 4.78 is 4.76. The van der Waals surface area contributed by atoms with Gasteiger partial charge in [-0.1, -0.05) is 52.6 Å². The predicted molar refractivity (Wildman–Crippen MR) is 119 cm³/mol. The van der Waals surface area contributed by atoms with Crippen LogP contribution in [0.2, 0.25) is 10.0 Å². The summed E-state index contributed by atoms with van der Waals surface area (Å²) in [5.41, 5.74) is 3.66. The van der Waals surface area contributed by atoms with E-state index in [1.165, 1.54) is 12.0 Å². The van der Waals surface area contributed by atoms with Crippen molar-refractivity contribution in [3.63, 3.8) is 0 Å². The number of carbonyl (C=O) groups is 2. The number of anilines is 1. The molecule has 4 rings (SSSR count). The highest BCUT2D eigenvalue weighted by molar-refractivity contribution is 6.54. The van der Waals surface area contributed by atoms with E-state index in [0.717, 1.165) is 16.7 Å². The summed E-state index contributed by atoms with van der Waals surface area (Å²) in [4.78, 5) is 26.3. The third kappa shape index (κ3) is 3.87. The van der Waals surface area contributed by atoms with Gasteiger partial charge in [-0.25, -0.2) is 4.79 Å². The fourth-order valence-electron chi connectivity index (χ4n) is 3.55. The van der Waals surface area contributed by atoms with Crippen molar-refractivity contribution in [2.45, 2.75) is 6.54 Å². The molecule has 156 valence electrons. The van der Waals surface area contributed by atoms with E-state index in [-0.39, 0.29) is 12.3 Å². The average molecular weight is 455 g/mol. The van der Waals surface area contributed by atoms with Crippen LogP contribution in [0.25, 0.3) is 11.1 Å². The third-order valence-electron chi connectivity index (χ3n) is 5.02. The molecule has 0 saturated carbocycles. The highest BCUT2D eigenvalue weighted by Gasteiger charge is 2.35. The number of amides is 1. The Morgan fingerprint density at radius 1 is 1.06 bits per heavy atom. The summed E-state index contributed by atoms with van der Waals surface area (Å²) in [6.45, 7) is 0.174. The number of hydrogen-bond donors (Lipinski definition) is 1. The van der Waals surface area contributed by atoms with Gasteiger partial charge in [-0.15, -0.1) is 0 Å². The standard InChI is InChI=1S/C23H16Cl2N2O4/c1-31-23(29)15-4-2-3-13(9-15)12-27-20-10-14(17-8-6-16(24)11-19(17)25)5-7-18(20)21(26-30)22(27)28/h2-11,30H,12H2,1H3/b26-21+. The van der Waals surface area contributed by atoms with E-state index in [1.807, 2.05) is 6.07 Å². The molecule has 0 saturated heterocycles. The van der Waals surface area contributed by atoms with Gasteiger partial charge in [0.15, 0.2) is 5.71 Å². The van der Waals surface area contributed by atoms with Crippen molar-refractivity contribution in [2.24, 2.45) is 5.16 Å². The molecule has 0 radical (unpaired) electrons. The molecular weight excluding hydrogens is 439 g/mol. The van der Waals surface area contributed by atoms with E-state index in [9.17, 15) is 14.8 Å². The number of nitrogens with zero attached hydrogens (tertiary/aromatic N) is 2. The van der Waals surface area contributed by atoms with Gasteiger partial charge in [0.2, 0.25) is 0 Å². The molecule has 8 heteroatoms. The quantitative estimate of drug-likeness (QED) is 0.334. The number of benzene rings is 3. The van der Waals surface area contributed by atoms with Crippen LogP contribution in [0.4, 0.5) is 5.69 Å². The molecule has 0 bridgehead atoms. The van der Waals surface area contributed by atoms with Crippen LogP contribution < -0.4 is 4.90 Å². The number of methoxy groups -OCH3 is 1. The second kappa shape index (κ2) is 8.41. The molecule has 1 N–H and O–H groups in total. The van der Waals surface area contributed by atoms with Crippen molar-refractivity contribution in [1.82, 2.24) is 0 Å². The van der Waals surface area contributed by atoms with Crippen molar-refractivity contribution < 1.29 is 19.5 Å². The zero-order valence-electron chi connectivity index (χ0n) is 16.3. The van der Waals surface area contributed by atoms with Gasteiger partial charge in [0.1, 0.15) is 0 Å². The van der Waals surface area contributed by atoms with Crippen molar-refractivity contribution in [3.8, 4) is 11.1 Å². The molecule has 0 unspecified atom stereocenters. The first kappa shape index (κ1) is 20.9. The lowest BCUT2D eigenvalue weighted by Gasteiger charge is -2.18. The van der Waals surface area contributed by atoms with Gasteiger partial charge < -0.3 is 14.8 Å². The Balaban J connectivity index is 1.76. The molecule has 6 nitrogen and oxygen atoms in total. The maximum absolute atomic E-state index is 12.9. The Bertz CT molecular complexity index is 1240. The molecular formula is C23H16Cl2N2O4. The van der Waals surface area contributed by atoms with Crippen molar-refractivity contribution in [3.05, 3.63) is 87.4 Å². The van der Waals surface area contributed by atoms with Crippen LogP contribution >= 0.6 is 23.2 Å². The molecule has 31 heavy (non-hydrogen) atoms. The third-order valence-corrected chi connectivity index (χ3v) is 5.57. The minimum Gasteiger partial charge on any atom is -0.465 e. The molecule has 0 spiro atoms. The molecule has 1 aliphatic heterocycles. The number of hydrogen-bond acceptors (Lipinski definition) is 5. The van der Waals surface area contributed by atoms with Gasteiger partial charge in [0, 0.05) is 21.2 Å². The topological polar surface area (TPSA) is 79.2 Å². The molecule has 1 amide bonds. The van der Waals surface area contributed by atoms with Gasteiger partial charge in [0.05, 0.1) is 24.9 Å². The highest BCUT2D eigenvalue weighted by atomic mass is 35.5. The summed E-state index contributed by atoms with van der Waals surface area (Å²) in [7, 11) is 1.31. The van der Waals surface area contributed by atoms with Gasteiger partial charge in [0.25, 0.3) is 5.91 Å². The first-order valence-corrected chi connectivity index (χ1v) is 9.99. The number of ether oxygens (including phenoxy) is 1. The molecule has 1 aliphatic rings. The number of carbonyl (C=O) groups excluding carboxylic acids is 2. The van der Waals surface area contributed by atoms with Crippen LogP contribution in [0.5, 0.6) is 0 Å². The maximum Gasteiger partial charge on any atom is 0.337 e. The van der Waals surface area contributed by atoms with Gasteiger partial charge in [-0.05, 0) is 47.5 Å². The normalized spacial score (nSPS) is 14.1. The van der Waals surface area contributed by atoms with E-state index in [0.29, 0.717) is 26.9 Å². The number of esters is 1. The maximum atomic E-state index is 12.9. The monoisotopic (exact) mass is 454 g/mol. The lowest BCUT2D eigenvalue weighted by molar-refractivity contribution is -0.112. The number of oxime groups is 1. The predicted octanol–water partition coefficient (Wildman–Crippen LogP) is 5.17. The average Bonchev–Trinajstić information content (AvgIpc) is 3.03. The number of rotatable bonds is 4. The summed E-state index contributed by atoms with van der Waals surface area (Å²) in [5.74, 6) is -0.910. The van der Waals surface area contributed by atoms with Crippen LogP contribution in [-0.4, -0.2) is 29.9 Å². The largest absolute Gasteiger partial charge is 0.465 e. The minimum absolute atomic E-state index is 0.0483. The Morgan fingerprint density at radius 3 is 2.55 bits per heavy atom. The van der Waals surface area contributed by atoms with E-state index >= 15 is 0 Å². The van der Waals surface area contributed by atoms with Crippen LogP contribution in [0.3, 0.4) is 0 Å². The van der Waals surface area contributed by atoms with Gasteiger partial charge in [-0.3, -0.25) is 4.79 Å². The SMILES string of the molecule is COC(=O)c1cccc(CN2C(=O)/C(=N/O)c3ccc(-c4ccc(Cl)cc4Cl)cc32)c1. The zero-order chi connectivity index (χ0) is 22.1. The Kier molecular flexibility index (Phi) is 5.67. The second-order valence-electron chi connectivity index (χ2n) is 6.89. The molecule has 0 aliphatic carbocycles. The first-order chi connectivity index (χ1) is 14.9. The fraction of sp³-hybridized carbons (Fsp3) is 0.0870. The van der Waals surface area contributed by atoms with E-state index in [4.69, 9.17) is 27.9 Å². The van der Waals surface area contributed by atoms with Crippen molar-refractivity contribution in [1.29, 1.82) is 0 Å². The Labute approximate surface area is 188 Å². The second-order valence-corrected chi connectivity index (χ2v) is 7.73. The van der Waals surface area contributed by atoms with E-state index < -0.39 is 11.9 Å². The lowest BCUT2D eigenvalue weighted by Crippen LogP contribution is -2.29. The summed E-state index contributed by atoms with van der Waals surface area (Å²) in [6.07, 6.45) is 0. The van der Waals surface area contributed by atoms with Crippen LogP contribution in [0, 0.1) is 0 Å². The summed E-state index contributed by atoms with van der Waals surface area (Å²) >= 11 is 12.4. The van der Waals surface area contributed by atoms with E-state index in [2.05, 4.69) is 5.16 Å². The number of halogens is 2. The van der Waals surface area contributed by atoms with Gasteiger partial charge in [-0.2, -0.15) is 0 Å².